The minimum absolute atomic E-state index is 0.0190. The first-order valence-corrected chi connectivity index (χ1v) is 5.31. The number of aliphatic carboxylic acids is 1. The van der Waals surface area contributed by atoms with Gasteiger partial charge in [0.1, 0.15) is 11.6 Å². The van der Waals surface area contributed by atoms with E-state index < -0.39 is 5.97 Å². The van der Waals surface area contributed by atoms with Crippen LogP contribution in [-0.4, -0.2) is 25.2 Å². The van der Waals surface area contributed by atoms with Crippen molar-refractivity contribution >= 4 is 5.97 Å². The minimum atomic E-state index is -0.874. The van der Waals surface area contributed by atoms with E-state index in [-0.39, 0.29) is 18.3 Å². The fourth-order valence-corrected chi connectivity index (χ4v) is 1.70. The zero-order valence-electron chi connectivity index (χ0n) is 9.87. The van der Waals surface area contributed by atoms with Crippen LogP contribution in [0.4, 0.5) is 4.39 Å². The third-order valence-corrected chi connectivity index (χ3v) is 2.56. The molecule has 0 radical (unpaired) electrons. The normalized spacial score (nSPS) is 12.2. The van der Waals surface area contributed by atoms with E-state index in [9.17, 15) is 9.18 Å². The lowest BCUT2D eigenvalue weighted by Gasteiger charge is -2.18. The topological polar surface area (TPSA) is 58.6 Å². The molecule has 94 valence electrons. The van der Waals surface area contributed by atoms with Gasteiger partial charge in [0.25, 0.3) is 0 Å². The van der Waals surface area contributed by atoms with E-state index in [4.69, 9.17) is 9.84 Å². The van der Waals surface area contributed by atoms with Crippen LogP contribution in [0, 0.1) is 5.82 Å². The zero-order valence-corrected chi connectivity index (χ0v) is 9.87. The molecule has 1 atom stereocenters. The summed E-state index contributed by atoms with van der Waals surface area (Å²) in [6, 6.07) is 3.97. The predicted octanol–water partition coefficient (Wildman–Crippen LogP) is 1.96. The monoisotopic (exact) mass is 241 g/mol. The molecule has 0 amide bonds. The summed E-state index contributed by atoms with van der Waals surface area (Å²) < 4.78 is 18.3. The van der Waals surface area contributed by atoms with Gasteiger partial charge in [0.05, 0.1) is 7.11 Å². The number of benzene rings is 1. The van der Waals surface area contributed by atoms with Gasteiger partial charge in [-0.1, -0.05) is 0 Å². The molecule has 0 saturated carbocycles. The number of carbonyl (C=O) groups is 1. The number of nitrogens with one attached hydrogen (secondary N) is 1. The fourth-order valence-electron chi connectivity index (χ4n) is 1.70. The van der Waals surface area contributed by atoms with Crippen LogP contribution in [0.5, 0.6) is 5.75 Å². The third-order valence-electron chi connectivity index (χ3n) is 2.56. The molecule has 0 aliphatic carbocycles. The smallest absolute Gasteiger partial charge is 0.303 e. The first kappa shape index (κ1) is 13.4. The number of halogens is 1. The first-order chi connectivity index (χ1) is 8.08. The van der Waals surface area contributed by atoms with Gasteiger partial charge in [0.2, 0.25) is 0 Å². The Morgan fingerprint density at radius 3 is 2.82 bits per heavy atom. The Morgan fingerprint density at radius 2 is 2.29 bits per heavy atom. The van der Waals surface area contributed by atoms with Crippen molar-refractivity contribution in [3.8, 4) is 5.75 Å². The van der Waals surface area contributed by atoms with Crippen molar-refractivity contribution in [3.63, 3.8) is 0 Å². The average molecular weight is 241 g/mol. The molecule has 0 heterocycles. The van der Waals surface area contributed by atoms with Gasteiger partial charge < -0.3 is 15.2 Å². The Labute approximate surface area is 99.4 Å². The summed E-state index contributed by atoms with van der Waals surface area (Å²) in [5, 5.41) is 11.6. The highest BCUT2D eigenvalue weighted by Crippen LogP contribution is 2.28. The molecule has 0 bridgehead atoms. The Hall–Kier alpha value is -1.62. The number of rotatable bonds is 6. The SMILES string of the molecule is CNC(CCC(=O)O)c1cc(F)ccc1OC. The molecule has 1 aromatic rings. The van der Waals surface area contributed by atoms with Gasteiger partial charge in [0.15, 0.2) is 0 Å². The number of hydrogen-bond acceptors (Lipinski definition) is 3. The Kier molecular flexibility index (Phi) is 4.90. The molecule has 0 spiro atoms. The fraction of sp³-hybridized carbons (Fsp3) is 0.417. The van der Waals surface area contributed by atoms with Crippen molar-refractivity contribution < 1.29 is 19.0 Å². The predicted molar refractivity (Wildman–Crippen MR) is 61.6 cm³/mol. The molecule has 4 nitrogen and oxygen atoms in total. The van der Waals surface area contributed by atoms with Crippen molar-refractivity contribution in [1.82, 2.24) is 5.32 Å². The lowest BCUT2D eigenvalue weighted by atomic mass is 10.0. The molecule has 1 aromatic carbocycles. The molecule has 0 fully saturated rings. The number of carboxylic acids is 1. The highest BCUT2D eigenvalue weighted by molar-refractivity contribution is 5.66. The van der Waals surface area contributed by atoms with E-state index in [0.29, 0.717) is 17.7 Å². The molecule has 0 aliphatic rings. The number of carboxylic acid groups (broad SMARTS) is 1. The van der Waals surface area contributed by atoms with Crippen molar-refractivity contribution in [1.29, 1.82) is 0 Å². The van der Waals surface area contributed by atoms with Crippen molar-refractivity contribution in [3.05, 3.63) is 29.6 Å². The van der Waals surface area contributed by atoms with Crippen LogP contribution in [0.15, 0.2) is 18.2 Å². The van der Waals surface area contributed by atoms with Gasteiger partial charge in [-0.15, -0.1) is 0 Å². The van der Waals surface area contributed by atoms with Crippen LogP contribution in [0.25, 0.3) is 0 Å². The highest BCUT2D eigenvalue weighted by atomic mass is 19.1. The van der Waals surface area contributed by atoms with E-state index >= 15 is 0 Å². The Balaban J connectivity index is 2.93. The lowest BCUT2D eigenvalue weighted by Crippen LogP contribution is -2.18. The van der Waals surface area contributed by atoms with Gasteiger partial charge in [-0.3, -0.25) is 4.79 Å². The quantitative estimate of drug-likeness (QED) is 0.799. The molecule has 0 saturated heterocycles. The standard InChI is InChI=1S/C12H16FNO3/c1-14-10(4-6-12(15)16)9-7-8(13)3-5-11(9)17-2/h3,5,7,10,14H,4,6H2,1-2H3,(H,15,16). The molecular formula is C12H16FNO3. The van der Waals surface area contributed by atoms with Gasteiger partial charge in [-0.05, 0) is 31.7 Å². The summed E-state index contributed by atoms with van der Waals surface area (Å²) in [6.45, 7) is 0. The molecule has 1 rings (SSSR count). The molecule has 5 heteroatoms. The maximum Gasteiger partial charge on any atom is 0.303 e. The molecule has 2 N–H and O–H groups in total. The zero-order chi connectivity index (χ0) is 12.8. The molecule has 17 heavy (non-hydrogen) atoms. The highest BCUT2D eigenvalue weighted by Gasteiger charge is 2.16. The van der Waals surface area contributed by atoms with Gasteiger partial charge >= 0.3 is 5.97 Å². The van der Waals surface area contributed by atoms with Crippen LogP contribution in [0.3, 0.4) is 0 Å². The van der Waals surface area contributed by atoms with E-state index in [1.54, 1.807) is 7.05 Å². The molecule has 0 aliphatic heterocycles. The Bertz CT molecular complexity index is 395. The number of methoxy groups -OCH3 is 1. The summed E-state index contributed by atoms with van der Waals surface area (Å²) in [5.74, 6) is -0.687. The maximum atomic E-state index is 13.2. The minimum Gasteiger partial charge on any atom is -0.496 e. The summed E-state index contributed by atoms with van der Waals surface area (Å²) in [5.41, 5.74) is 0.635. The second kappa shape index (κ2) is 6.20. The van der Waals surface area contributed by atoms with Crippen LogP contribution in [0.1, 0.15) is 24.4 Å². The summed E-state index contributed by atoms with van der Waals surface area (Å²) in [4.78, 5) is 10.5. The summed E-state index contributed by atoms with van der Waals surface area (Å²) in [7, 11) is 3.21. The molecule has 1 unspecified atom stereocenters. The van der Waals surface area contributed by atoms with E-state index in [2.05, 4.69) is 5.32 Å². The largest absolute Gasteiger partial charge is 0.496 e. The lowest BCUT2D eigenvalue weighted by molar-refractivity contribution is -0.137. The van der Waals surface area contributed by atoms with Crippen LogP contribution >= 0.6 is 0 Å². The van der Waals surface area contributed by atoms with Crippen LogP contribution in [0.2, 0.25) is 0 Å². The molecule has 0 aromatic heterocycles. The van der Waals surface area contributed by atoms with Crippen molar-refractivity contribution in [2.45, 2.75) is 18.9 Å². The van der Waals surface area contributed by atoms with E-state index in [1.807, 2.05) is 0 Å². The van der Waals surface area contributed by atoms with Gasteiger partial charge in [0, 0.05) is 18.0 Å². The summed E-state index contributed by atoms with van der Waals surface area (Å²) >= 11 is 0. The second-order valence-corrected chi connectivity index (χ2v) is 3.66. The van der Waals surface area contributed by atoms with E-state index in [0.717, 1.165) is 0 Å². The van der Waals surface area contributed by atoms with Gasteiger partial charge in [-0.25, -0.2) is 4.39 Å². The van der Waals surface area contributed by atoms with E-state index in [1.165, 1.54) is 25.3 Å². The second-order valence-electron chi connectivity index (χ2n) is 3.66. The third kappa shape index (κ3) is 3.71. The number of ether oxygens (including phenoxy) is 1. The average Bonchev–Trinajstić information content (AvgIpc) is 2.30. The van der Waals surface area contributed by atoms with Crippen molar-refractivity contribution in [2.75, 3.05) is 14.2 Å². The first-order valence-electron chi connectivity index (χ1n) is 5.31. The Morgan fingerprint density at radius 1 is 1.59 bits per heavy atom. The van der Waals surface area contributed by atoms with Crippen LogP contribution < -0.4 is 10.1 Å². The van der Waals surface area contributed by atoms with Crippen LogP contribution in [-0.2, 0) is 4.79 Å². The number of hydrogen-bond donors (Lipinski definition) is 2. The van der Waals surface area contributed by atoms with Crippen molar-refractivity contribution in [2.24, 2.45) is 0 Å². The molecular weight excluding hydrogens is 225 g/mol. The van der Waals surface area contributed by atoms with Gasteiger partial charge in [-0.2, -0.15) is 0 Å². The summed E-state index contributed by atoms with van der Waals surface area (Å²) in [6.07, 6.45) is 0.400. The maximum absolute atomic E-state index is 13.2.